The van der Waals surface area contributed by atoms with E-state index in [2.05, 4.69) is 26.3 Å². The fourth-order valence-corrected chi connectivity index (χ4v) is 3.66. The molecular weight excluding hydrogens is 352 g/mol. The van der Waals surface area contributed by atoms with Crippen molar-refractivity contribution >= 4 is 23.2 Å². The number of rotatable bonds is 7. The molecule has 1 aliphatic heterocycles. The first-order valence-electron chi connectivity index (χ1n) is 8.89. The van der Waals surface area contributed by atoms with E-state index in [-0.39, 0.29) is 11.8 Å². The van der Waals surface area contributed by atoms with Crippen molar-refractivity contribution in [2.24, 2.45) is 0 Å². The Balaban J connectivity index is 1.42. The van der Waals surface area contributed by atoms with E-state index >= 15 is 0 Å². The number of thiophene rings is 1. The van der Waals surface area contributed by atoms with Crippen molar-refractivity contribution < 1.29 is 9.59 Å². The molecule has 0 spiro atoms. The number of piperidine rings is 1. The fourth-order valence-electron chi connectivity index (χ4n) is 3.02. The van der Waals surface area contributed by atoms with Crippen LogP contribution < -0.4 is 16.0 Å². The lowest BCUT2D eigenvalue weighted by molar-refractivity contribution is 0.0947. The van der Waals surface area contributed by atoms with Crippen molar-refractivity contribution in [1.82, 2.24) is 30.9 Å². The van der Waals surface area contributed by atoms with Gasteiger partial charge in [0.25, 0.3) is 11.8 Å². The van der Waals surface area contributed by atoms with E-state index < -0.39 is 0 Å². The summed E-state index contributed by atoms with van der Waals surface area (Å²) in [5.41, 5.74) is 1.19. The molecule has 2 aromatic heterocycles. The van der Waals surface area contributed by atoms with E-state index in [0.717, 1.165) is 31.6 Å². The van der Waals surface area contributed by atoms with Gasteiger partial charge in [-0.3, -0.25) is 9.59 Å². The van der Waals surface area contributed by atoms with Crippen LogP contribution in [0.1, 0.15) is 51.2 Å². The van der Waals surface area contributed by atoms with Crippen molar-refractivity contribution in [2.45, 2.75) is 32.2 Å². The third-order valence-electron chi connectivity index (χ3n) is 4.47. The molecule has 1 saturated heterocycles. The van der Waals surface area contributed by atoms with Crippen molar-refractivity contribution in [1.29, 1.82) is 0 Å². The second-order valence-corrected chi connectivity index (χ2v) is 7.24. The molecule has 2 aromatic rings. The van der Waals surface area contributed by atoms with Crippen molar-refractivity contribution in [3.05, 3.63) is 33.8 Å². The van der Waals surface area contributed by atoms with Crippen LogP contribution in [0.5, 0.6) is 0 Å². The molecule has 0 aliphatic carbocycles. The molecule has 0 unspecified atom stereocenters. The molecule has 3 heterocycles. The summed E-state index contributed by atoms with van der Waals surface area (Å²) in [6.45, 7) is 4.80. The number of carbonyl (C=O) groups is 2. The standard InChI is InChI=1S/C17H24N6O2S/c1-12-15(21-22-23(12)13-5-9-18-10-6-13)17(25)20-8-3-7-19-16(24)14-4-2-11-26-14/h2,4,11,13,18H,3,5-10H2,1H3,(H,19,24)(H,20,25). The lowest BCUT2D eigenvalue weighted by Gasteiger charge is -2.23. The van der Waals surface area contributed by atoms with Gasteiger partial charge in [-0.2, -0.15) is 0 Å². The van der Waals surface area contributed by atoms with Crippen LogP contribution in [0.2, 0.25) is 0 Å². The van der Waals surface area contributed by atoms with Gasteiger partial charge in [-0.1, -0.05) is 11.3 Å². The largest absolute Gasteiger partial charge is 0.351 e. The van der Waals surface area contributed by atoms with Crippen molar-refractivity contribution in [3.63, 3.8) is 0 Å². The van der Waals surface area contributed by atoms with Crippen LogP contribution >= 0.6 is 11.3 Å². The molecule has 2 amide bonds. The minimum Gasteiger partial charge on any atom is -0.351 e. The molecule has 0 bridgehead atoms. The van der Waals surface area contributed by atoms with Crippen LogP contribution in [0.25, 0.3) is 0 Å². The van der Waals surface area contributed by atoms with Gasteiger partial charge in [-0.05, 0) is 50.7 Å². The molecule has 0 saturated carbocycles. The first kappa shape index (κ1) is 18.5. The Labute approximate surface area is 156 Å². The first-order chi connectivity index (χ1) is 12.7. The minimum absolute atomic E-state index is 0.0768. The molecule has 26 heavy (non-hydrogen) atoms. The van der Waals surface area contributed by atoms with Crippen molar-refractivity contribution in [2.75, 3.05) is 26.2 Å². The van der Waals surface area contributed by atoms with Gasteiger partial charge in [-0.15, -0.1) is 16.4 Å². The summed E-state index contributed by atoms with van der Waals surface area (Å²) in [6.07, 6.45) is 2.65. The monoisotopic (exact) mass is 376 g/mol. The highest BCUT2D eigenvalue weighted by Gasteiger charge is 2.22. The third kappa shape index (κ3) is 4.47. The maximum absolute atomic E-state index is 12.3. The summed E-state index contributed by atoms with van der Waals surface area (Å²) in [5.74, 6) is -0.292. The van der Waals surface area contributed by atoms with Crippen LogP contribution in [0, 0.1) is 6.92 Å². The summed E-state index contributed by atoms with van der Waals surface area (Å²) in [5, 5.41) is 19.1. The fraction of sp³-hybridized carbons (Fsp3) is 0.529. The number of amides is 2. The normalized spacial score (nSPS) is 15.0. The molecule has 0 aromatic carbocycles. The molecule has 3 rings (SSSR count). The molecular formula is C17H24N6O2S. The van der Waals surface area contributed by atoms with Crippen LogP contribution in [0.15, 0.2) is 17.5 Å². The molecule has 9 heteroatoms. The van der Waals surface area contributed by atoms with Crippen molar-refractivity contribution in [3.8, 4) is 0 Å². The minimum atomic E-state index is -0.215. The number of aromatic nitrogens is 3. The molecule has 140 valence electrons. The molecule has 1 aliphatic rings. The Morgan fingerprint density at radius 2 is 2.00 bits per heavy atom. The Bertz CT molecular complexity index is 737. The van der Waals surface area contributed by atoms with E-state index in [4.69, 9.17) is 0 Å². The van der Waals surface area contributed by atoms with Gasteiger partial charge in [0.1, 0.15) is 0 Å². The second kappa shape index (κ2) is 8.91. The quantitative estimate of drug-likeness (QED) is 0.629. The van der Waals surface area contributed by atoms with Gasteiger partial charge >= 0.3 is 0 Å². The Morgan fingerprint density at radius 3 is 2.69 bits per heavy atom. The maximum atomic E-state index is 12.3. The zero-order valence-corrected chi connectivity index (χ0v) is 15.6. The maximum Gasteiger partial charge on any atom is 0.273 e. The Hall–Kier alpha value is -2.26. The molecule has 1 fully saturated rings. The van der Waals surface area contributed by atoms with E-state index in [0.29, 0.717) is 36.1 Å². The molecule has 0 radical (unpaired) electrons. The highest BCUT2D eigenvalue weighted by atomic mass is 32.1. The number of hydrogen-bond donors (Lipinski definition) is 3. The zero-order chi connectivity index (χ0) is 18.4. The van der Waals surface area contributed by atoms with Crippen LogP contribution in [-0.2, 0) is 0 Å². The number of carbonyl (C=O) groups excluding carboxylic acids is 2. The third-order valence-corrected chi connectivity index (χ3v) is 5.34. The van der Waals surface area contributed by atoms with E-state index in [1.165, 1.54) is 11.3 Å². The Kier molecular flexibility index (Phi) is 6.35. The first-order valence-corrected chi connectivity index (χ1v) is 9.77. The predicted molar refractivity (Wildman–Crippen MR) is 99.5 cm³/mol. The van der Waals surface area contributed by atoms with Crippen LogP contribution in [0.3, 0.4) is 0 Å². The predicted octanol–water partition coefficient (Wildman–Crippen LogP) is 1.12. The van der Waals surface area contributed by atoms with Gasteiger partial charge in [0.15, 0.2) is 5.69 Å². The lowest BCUT2D eigenvalue weighted by atomic mass is 10.1. The highest BCUT2D eigenvalue weighted by Crippen LogP contribution is 2.20. The number of nitrogens with one attached hydrogen (secondary N) is 3. The second-order valence-electron chi connectivity index (χ2n) is 6.29. The molecule has 0 atom stereocenters. The van der Waals surface area contributed by atoms with Gasteiger partial charge in [0, 0.05) is 13.1 Å². The van der Waals surface area contributed by atoms with E-state index in [1.54, 1.807) is 6.07 Å². The van der Waals surface area contributed by atoms with Crippen LogP contribution in [0.4, 0.5) is 0 Å². The molecule has 3 N–H and O–H groups in total. The van der Waals surface area contributed by atoms with E-state index in [1.807, 2.05) is 23.1 Å². The highest BCUT2D eigenvalue weighted by molar-refractivity contribution is 7.12. The SMILES string of the molecule is Cc1c(C(=O)NCCCNC(=O)c2cccs2)nnn1C1CCNCC1. The Morgan fingerprint density at radius 1 is 1.27 bits per heavy atom. The topological polar surface area (TPSA) is 101 Å². The van der Waals surface area contributed by atoms with E-state index in [9.17, 15) is 9.59 Å². The summed E-state index contributed by atoms with van der Waals surface area (Å²) >= 11 is 1.41. The van der Waals surface area contributed by atoms with Gasteiger partial charge < -0.3 is 16.0 Å². The van der Waals surface area contributed by atoms with Crippen LogP contribution in [-0.4, -0.2) is 53.0 Å². The van der Waals surface area contributed by atoms with Gasteiger partial charge in [0.05, 0.1) is 16.6 Å². The summed E-state index contributed by atoms with van der Waals surface area (Å²) < 4.78 is 1.87. The average Bonchev–Trinajstić information content (AvgIpc) is 3.32. The summed E-state index contributed by atoms with van der Waals surface area (Å²) in [4.78, 5) is 24.8. The van der Waals surface area contributed by atoms with Gasteiger partial charge in [0.2, 0.25) is 0 Å². The summed E-state index contributed by atoms with van der Waals surface area (Å²) in [6, 6.07) is 3.94. The zero-order valence-electron chi connectivity index (χ0n) is 14.8. The smallest absolute Gasteiger partial charge is 0.273 e. The van der Waals surface area contributed by atoms with Gasteiger partial charge in [-0.25, -0.2) is 4.68 Å². The number of nitrogens with zero attached hydrogens (tertiary/aromatic N) is 3. The number of hydrogen-bond acceptors (Lipinski definition) is 6. The summed E-state index contributed by atoms with van der Waals surface area (Å²) in [7, 11) is 0. The lowest BCUT2D eigenvalue weighted by Crippen LogP contribution is -2.31. The average molecular weight is 376 g/mol. The molecule has 8 nitrogen and oxygen atoms in total.